The zero-order valence-electron chi connectivity index (χ0n) is 14.2. The topological polar surface area (TPSA) is 104 Å². The molecule has 0 saturated carbocycles. The van der Waals surface area contributed by atoms with E-state index in [2.05, 4.69) is 22.8 Å². The van der Waals surface area contributed by atoms with E-state index in [0.29, 0.717) is 36.2 Å². The Labute approximate surface area is 142 Å². The predicted molar refractivity (Wildman–Crippen MR) is 89.4 cm³/mol. The quantitative estimate of drug-likeness (QED) is 0.233. The van der Waals surface area contributed by atoms with Gasteiger partial charge in [-0.25, -0.2) is 5.06 Å². The third-order valence-electron chi connectivity index (χ3n) is 3.39. The number of aromatic nitrogens is 1. The third-order valence-corrected chi connectivity index (χ3v) is 3.39. The Morgan fingerprint density at radius 1 is 1.42 bits per heavy atom. The van der Waals surface area contributed by atoms with Crippen LogP contribution in [-0.4, -0.2) is 40.7 Å². The number of hydrogen-bond acceptors (Lipinski definition) is 6. The van der Waals surface area contributed by atoms with Crippen LogP contribution in [0.25, 0.3) is 0 Å². The third kappa shape index (κ3) is 7.28. The lowest BCUT2D eigenvalue weighted by molar-refractivity contribution is -0.154. The molecule has 0 bridgehead atoms. The van der Waals surface area contributed by atoms with E-state index in [0.717, 1.165) is 19.3 Å². The van der Waals surface area contributed by atoms with Crippen LogP contribution >= 0.6 is 0 Å². The molecule has 24 heavy (non-hydrogen) atoms. The number of pyridine rings is 1. The van der Waals surface area contributed by atoms with Crippen molar-refractivity contribution in [1.82, 2.24) is 15.5 Å². The average molecular weight is 338 g/mol. The second-order valence-electron chi connectivity index (χ2n) is 5.33. The van der Waals surface area contributed by atoms with Gasteiger partial charge in [0.2, 0.25) is 18.2 Å². The number of hydrogen-bond donors (Lipinski definition) is 3. The van der Waals surface area contributed by atoms with E-state index < -0.39 is 5.92 Å². The molecule has 1 aromatic heterocycles. The highest BCUT2D eigenvalue weighted by Gasteiger charge is 2.20. The molecule has 0 aliphatic heterocycles. The molecule has 0 unspecified atom stereocenters. The van der Waals surface area contributed by atoms with E-state index in [1.54, 1.807) is 18.2 Å². The maximum atomic E-state index is 12.3. The summed E-state index contributed by atoms with van der Waals surface area (Å²) in [6, 6.07) is 5.17. The SMILES string of the molecule is CCCCC[C@@H](CN(O)C=O)C(=O)NNc1cccc(OCC)n1. The number of rotatable bonds is 12. The molecule has 2 amide bonds. The minimum absolute atomic E-state index is 0.0485. The van der Waals surface area contributed by atoms with Gasteiger partial charge in [-0.2, -0.15) is 4.98 Å². The van der Waals surface area contributed by atoms with Gasteiger partial charge in [0, 0.05) is 6.07 Å². The first-order valence-corrected chi connectivity index (χ1v) is 8.17. The summed E-state index contributed by atoms with van der Waals surface area (Å²) in [5.74, 6) is 0.0847. The van der Waals surface area contributed by atoms with Crippen LogP contribution in [0.4, 0.5) is 5.82 Å². The second kappa shape index (κ2) is 11.2. The highest BCUT2D eigenvalue weighted by molar-refractivity contribution is 5.80. The van der Waals surface area contributed by atoms with Crippen LogP contribution in [-0.2, 0) is 9.59 Å². The monoisotopic (exact) mass is 338 g/mol. The van der Waals surface area contributed by atoms with Gasteiger partial charge in [0.1, 0.15) is 5.82 Å². The lowest BCUT2D eigenvalue weighted by atomic mass is 10.0. The lowest BCUT2D eigenvalue weighted by Gasteiger charge is -2.20. The highest BCUT2D eigenvalue weighted by Crippen LogP contribution is 2.13. The molecule has 0 aliphatic carbocycles. The van der Waals surface area contributed by atoms with Crippen molar-refractivity contribution in [2.75, 3.05) is 18.6 Å². The molecule has 0 aliphatic rings. The van der Waals surface area contributed by atoms with Crippen LogP contribution in [0.5, 0.6) is 5.88 Å². The fourth-order valence-corrected chi connectivity index (χ4v) is 2.16. The van der Waals surface area contributed by atoms with Crippen molar-refractivity contribution in [2.24, 2.45) is 5.92 Å². The minimum atomic E-state index is -0.505. The second-order valence-corrected chi connectivity index (χ2v) is 5.33. The summed E-state index contributed by atoms with van der Waals surface area (Å²) < 4.78 is 5.29. The van der Waals surface area contributed by atoms with Gasteiger partial charge in [-0.05, 0) is 19.4 Å². The lowest BCUT2D eigenvalue weighted by Crippen LogP contribution is -2.40. The first kappa shape index (κ1) is 19.7. The Morgan fingerprint density at radius 2 is 2.21 bits per heavy atom. The number of ether oxygens (including phenoxy) is 1. The molecular weight excluding hydrogens is 312 g/mol. The molecular formula is C16H26N4O4. The number of unbranched alkanes of at least 4 members (excludes halogenated alkanes) is 2. The number of amides is 2. The Bertz CT molecular complexity index is 513. The van der Waals surface area contributed by atoms with Gasteiger partial charge in [-0.1, -0.05) is 32.3 Å². The summed E-state index contributed by atoms with van der Waals surface area (Å²) in [4.78, 5) is 27.0. The van der Waals surface area contributed by atoms with Gasteiger partial charge >= 0.3 is 0 Å². The summed E-state index contributed by atoms with van der Waals surface area (Å²) in [5, 5.41) is 9.84. The molecule has 134 valence electrons. The van der Waals surface area contributed by atoms with Crippen LogP contribution in [0.1, 0.15) is 39.5 Å². The first-order valence-electron chi connectivity index (χ1n) is 8.17. The van der Waals surface area contributed by atoms with E-state index in [-0.39, 0.29) is 12.5 Å². The molecule has 0 fully saturated rings. The molecule has 1 rings (SSSR count). The molecule has 8 heteroatoms. The molecule has 0 spiro atoms. The summed E-state index contributed by atoms with van der Waals surface area (Å²) in [6.07, 6.45) is 3.73. The van der Waals surface area contributed by atoms with Crippen molar-refractivity contribution in [2.45, 2.75) is 39.5 Å². The maximum Gasteiger partial charge on any atom is 0.243 e. The van der Waals surface area contributed by atoms with E-state index in [9.17, 15) is 14.8 Å². The molecule has 0 aromatic carbocycles. The van der Waals surface area contributed by atoms with Crippen LogP contribution in [0.2, 0.25) is 0 Å². The number of nitrogens with one attached hydrogen (secondary N) is 2. The fraction of sp³-hybridized carbons (Fsp3) is 0.562. The summed E-state index contributed by atoms with van der Waals surface area (Å²) >= 11 is 0. The molecule has 0 radical (unpaired) electrons. The number of nitrogens with zero attached hydrogens (tertiary/aromatic N) is 2. The van der Waals surface area contributed by atoms with Crippen LogP contribution in [0.15, 0.2) is 18.2 Å². The largest absolute Gasteiger partial charge is 0.478 e. The smallest absolute Gasteiger partial charge is 0.243 e. The van der Waals surface area contributed by atoms with Crippen molar-refractivity contribution in [3.8, 4) is 5.88 Å². The normalized spacial score (nSPS) is 11.5. The van der Waals surface area contributed by atoms with Crippen molar-refractivity contribution in [3.05, 3.63) is 18.2 Å². The zero-order chi connectivity index (χ0) is 17.8. The van der Waals surface area contributed by atoms with Crippen molar-refractivity contribution in [1.29, 1.82) is 0 Å². The van der Waals surface area contributed by atoms with Crippen molar-refractivity contribution >= 4 is 18.1 Å². The van der Waals surface area contributed by atoms with Crippen molar-refractivity contribution in [3.63, 3.8) is 0 Å². The summed E-state index contributed by atoms with van der Waals surface area (Å²) in [6.45, 7) is 4.38. The summed E-state index contributed by atoms with van der Waals surface area (Å²) in [5.41, 5.74) is 5.29. The molecule has 0 saturated heterocycles. The van der Waals surface area contributed by atoms with E-state index in [4.69, 9.17) is 4.74 Å². The van der Waals surface area contributed by atoms with E-state index in [1.807, 2.05) is 6.92 Å². The fourth-order valence-electron chi connectivity index (χ4n) is 2.16. The van der Waals surface area contributed by atoms with Gasteiger partial charge in [0.25, 0.3) is 0 Å². The number of hydroxylamine groups is 2. The van der Waals surface area contributed by atoms with Gasteiger partial charge in [-0.15, -0.1) is 0 Å². The molecule has 1 heterocycles. The standard InChI is InChI=1S/C16H26N4O4/c1-3-5-6-8-13(11-20(23)12-21)16(22)19-18-14-9-7-10-15(17-14)24-4-2/h7,9-10,12-13,23H,3-6,8,11H2,1-2H3,(H,17,18)(H,19,22)/t13-/m0/s1. The zero-order valence-corrected chi connectivity index (χ0v) is 14.2. The van der Waals surface area contributed by atoms with E-state index in [1.165, 1.54) is 0 Å². The van der Waals surface area contributed by atoms with Gasteiger partial charge < -0.3 is 4.74 Å². The van der Waals surface area contributed by atoms with E-state index >= 15 is 0 Å². The summed E-state index contributed by atoms with van der Waals surface area (Å²) in [7, 11) is 0. The van der Waals surface area contributed by atoms with Crippen LogP contribution in [0, 0.1) is 5.92 Å². The first-order chi connectivity index (χ1) is 11.6. The number of carbonyl (C=O) groups is 2. The average Bonchev–Trinajstić information content (AvgIpc) is 2.59. The van der Waals surface area contributed by atoms with Crippen LogP contribution in [0.3, 0.4) is 0 Å². The van der Waals surface area contributed by atoms with Crippen molar-refractivity contribution < 1.29 is 19.5 Å². The number of carbonyl (C=O) groups excluding carboxylic acids is 2. The van der Waals surface area contributed by atoms with Gasteiger partial charge in [0.05, 0.1) is 19.1 Å². The molecule has 8 nitrogen and oxygen atoms in total. The highest BCUT2D eigenvalue weighted by atomic mass is 16.5. The Kier molecular flexibility index (Phi) is 9.21. The van der Waals surface area contributed by atoms with Gasteiger partial charge in [0.15, 0.2) is 0 Å². The Hall–Kier alpha value is -2.35. The Balaban J connectivity index is 2.59. The number of hydrazine groups is 1. The van der Waals surface area contributed by atoms with Gasteiger partial charge in [-0.3, -0.25) is 25.6 Å². The minimum Gasteiger partial charge on any atom is -0.478 e. The molecule has 3 N–H and O–H groups in total. The molecule has 1 atom stereocenters. The number of anilines is 1. The predicted octanol–water partition coefficient (Wildman–Crippen LogP) is 1.97. The Morgan fingerprint density at radius 3 is 2.88 bits per heavy atom. The maximum absolute atomic E-state index is 12.3. The molecule has 1 aromatic rings. The van der Waals surface area contributed by atoms with Crippen LogP contribution < -0.4 is 15.6 Å².